The number of amides is 2. The van der Waals surface area contributed by atoms with E-state index < -0.39 is 18.0 Å². The quantitative estimate of drug-likeness (QED) is 0.748. The number of aromatic nitrogens is 2. The number of rotatable bonds is 5. The summed E-state index contributed by atoms with van der Waals surface area (Å²) in [6.07, 6.45) is 2.11. The number of nitrogens with one attached hydrogen (secondary N) is 1. The number of piperazine rings is 1. The summed E-state index contributed by atoms with van der Waals surface area (Å²) in [4.78, 5) is 36.9. The fourth-order valence-electron chi connectivity index (χ4n) is 3.68. The summed E-state index contributed by atoms with van der Waals surface area (Å²) in [5, 5.41) is 2.95. The van der Waals surface area contributed by atoms with Crippen LogP contribution in [0.15, 0.2) is 30.6 Å². The Morgan fingerprint density at radius 1 is 1.26 bits per heavy atom. The number of halogens is 2. The largest absolute Gasteiger partial charge is 0.442 e. The molecule has 2 aliphatic heterocycles. The molecule has 31 heavy (non-hydrogen) atoms. The van der Waals surface area contributed by atoms with Crippen LogP contribution in [-0.4, -0.2) is 67.3 Å². The molecule has 2 aliphatic rings. The van der Waals surface area contributed by atoms with E-state index in [0.29, 0.717) is 48.5 Å². The molecule has 2 fully saturated rings. The molecule has 0 spiro atoms. The van der Waals surface area contributed by atoms with E-state index in [1.54, 1.807) is 18.3 Å². The molecule has 2 aromatic rings. The van der Waals surface area contributed by atoms with Gasteiger partial charge in [-0.05, 0) is 18.2 Å². The van der Waals surface area contributed by atoms with E-state index >= 15 is 0 Å². The standard InChI is InChI=1S/C20H22ClFN6O3/c1-13(29)24-9-15-12-28(20(30)31-15)14-2-3-17(16(22)8-14)26-4-6-27(7-5-26)19-11-23-10-18(21)25-19/h2-3,8,10-11,15H,4-7,9,12H2,1H3,(H,24,29)/t15-/m0/s1. The van der Waals surface area contributed by atoms with E-state index in [1.807, 2.05) is 4.90 Å². The number of benzene rings is 1. The molecular weight excluding hydrogens is 427 g/mol. The van der Waals surface area contributed by atoms with Crippen LogP contribution in [0.4, 0.5) is 26.4 Å². The van der Waals surface area contributed by atoms with Gasteiger partial charge in [0.25, 0.3) is 0 Å². The molecule has 3 heterocycles. The third-order valence-corrected chi connectivity index (χ3v) is 5.41. The molecule has 4 rings (SSSR count). The summed E-state index contributed by atoms with van der Waals surface area (Å²) in [5.41, 5.74) is 0.896. The lowest BCUT2D eigenvalue weighted by atomic mass is 10.2. The number of hydrogen-bond donors (Lipinski definition) is 1. The molecule has 0 saturated carbocycles. The van der Waals surface area contributed by atoms with Gasteiger partial charge in [-0.2, -0.15) is 0 Å². The normalized spacial score (nSPS) is 18.9. The second-order valence-electron chi connectivity index (χ2n) is 7.36. The Labute approximate surface area is 183 Å². The van der Waals surface area contributed by atoms with Crippen molar-refractivity contribution < 1.29 is 18.7 Å². The topological polar surface area (TPSA) is 90.9 Å². The van der Waals surface area contributed by atoms with Gasteiger partial charge in [-0.15, -0.1) is 0 Å². The number of anilines is 3. The summed E-state index contributed by atoms with van der Waals surface area (Å²) in [5.74, 6) is 0.0864. The van der Waals surface area contributed by atoms with Crippen molar-refractivity contribution in [1.29, 1.82) is 0 Å². The van der Waals surface area contributed by atoms with Gasteiger partial charge in [-0.25, -0.2) is 14.2 Å². The minimum absolute atomic E-state index is 0.201. The van der Waals surface area contributed by atoms with Gasteiger partial charge in [0.1, 0.15) is 22.9 Å². The summed E-state index contributed by atoms with van der Waals surface area (Å²) in [6.45, 7) is 4.38. The zero-order chi connectivity index (χ0) is 22.0. The maximum atomic E-state index is 14.9. The Morgan fingerprint density at radius 3 is 2.68 bits per heavy atom. The summed E-state index contributed by atoms with van der Waals surface area (Å²) < 4.78 is 20.1. The summed E-state index contributed by atoms with van der Waals surface area (Å²) >= 11 is 5.91. The number of carbonyl (C=O) groups is 2. The van der Waals surface area contributed by atoms with Crippen molar-refractivity contribution >= 4 is 40.8 Å². The van der Waals surface area contributed by atoms with Gasteiger partial charge in [-0.3, -0.25) is 14.7 Å². The molecule has 2 saturated heterocycles. The van der Waals surface area contributed by atoms with Crippen molar-refractivity contribution in [2.45, 2.75) is 13.0 Å². The number of nitrogens with zero attached hydrogens (tertiary/aromatic N) is 5. The first kappa shape index (κ1) is 21.1. The van der Waals surface area contributed by atoms with Crippen molar-refractivity contribution in [2.75, 3.05) is 54.0 Å². The van der Waals surface area contributed by atoms with E-state index in [9.17, 15) is 14.0 Å². The third kappa shape index (κ3) is 4.79. The van der Waals surface area contributed by atoms with Crippen LogP contribution in [0.2, 0.25) is 5.15 Å². The zero-order valence-corrected chi connectivity index (χ0v) is 17.7. The molecule has 0 unspecified atom stereocenters. The first-order valence-electron chi connectivity index (χ1n) is 9.90. The molecule has 11 heteroatoms. The van der Waals surface area contributed by atoms with Gasteiger partial charge in [0, 0.05) is 33.1 Å². The van der Waals surface area contributed by atoms with Crippen LogP contribution in [0.1, 0.15) is 6.92 Å². The van der Waals surface area contributed by atoms with Gasteiger partial charge in [0.05, 0.1) is 36.9 Å². The van der Waals surface area contributed by atoms with E-state index in [4.69, 9.17) is 16.3 Å². The van der Waals surface area contributed by atoms with E-state index in [2.05, 4.69) is 20.2 Å². The molecule has 164 valence electrons. The Morgan fingerprint density at radius 2 is 2.00 bits per heavy atom. The van der Waals surface area contributed by atoms with Crippen molar-refractivity contribution in [3.63, 3.8) is 0 Å². The van der Waals surface area contributed by atoms with Crippen molar-refractivity contribution in [2.24, 2.45) is 0 Å². The molecule has 1 N–H and O–H groups in total. The zero-order valence-electron chi connectivity index (χ0n) is 16.9. The maximum absolute atomic E-state index is 14.9. The Hall–Kier alpha value is -3.14. The van der Waals surface area contributed by atoms with Gasteiger partial charge < -0.3 is 19.9 Å². The number of carbonyl (C=O) groups excluding carboxylic acids is 2. The first-order valence-corrected chi connectivity index (χ1v) is 10.3. The van der Waals surface area contributed by atoms with Gasteiger partial charge in [0.15, 0.2) is 0 Å². The smallest absolute Gasteiger partial charge is 0.414 e. The molecule has 1 atom stereocenters. The van der Waals surface area contributed by atoms with Crippen LogP contribution in [0.5, 0.6) is 0 Å². The SMILES string of the molecule is CC(=O)NC[C@H]1CN(c2ccc(N3CCN(c4cncc(Cl)n4)CC3)c(F)c2)C(=O)O1. The molecule has 1 aromatic carbocycles. The van der Waals surface area contributed by atoms with Crippen LogP contribution in [0.25, 0.3) is 0 Å². The van der Waals surface area contributed by atoms with E-state index in [0.717, 1.165) is 0 Å². The average Bonchev–Trinajstić information content (AvgIpc) is 3.13. The molecule has 0 aliphatic carbocycles. The summed E-state index contributed by atoms with van der Waals surface area (Å²) in [7, 11) is 0. The minimum Gasteiger partial charge on any atom is -0.442 e. The Bertz CT molecular complexity index is 985. The molecule has 9 nitrogen and oxygen atoms in total. The molecule has 0 radical (unpaired) electrons. The second-order valence-corrected chi connectivity index (χ2v) is 7.75. The highest BCUT2D eigenvalue weighted by Crippen LogP contribution is 2.29. The monoisotopic (exact) mass is 448 g/mol. The van der Waals surface area contributed by atoms with Crippen LogP contribution in [0, 0.1) is 5.82 Å². The molecule has 1 aromatic heterocycles. The van der Waals surface area contributed by atoms with Crippen molar-refractivity contribution in [3.05, 3.63) is 41.6 Å². The fraction of sp³-hybridized carbons (Fsp3) is 0.400. The summed E-state index contributed by atoms with van der Waals surface area (Å²) in [6, 6.07) is 4.72. The molecule has 0 bridgehead atoms. The Kier molecular flexibility index (Phi) is 6.08. The van der Waals surface area contributed by atoms with Crippen LogP contribution in [-0.2, 0) is 9.53 Å². The van der Waals surface area contributed by atoms with Crippen molar-refractivity contribution in [1.82, 2.24) is 15.3 Å². The van der Waals surface area contributed by atoms with Crippen molar-refractivity contribution in [3.8, 4) is 0 Å². The highest BCUT2D eigenvalue weighted by Gasteiger charge is 2.33. The highest BCUT2D eigenvalue weighted by atomic mass is 35.5. The fourth-order valence-corrected chi connectivity index (χ4v) is 3.82. The Balaban J connectivity index is 1.39. The molecule has 2 amide bonds. The van der Waals surface area contributed by atoms with Gasteiger partial charge in [-0.1, -0.05) is 11.6 Å². The average molecular weight is 449 g/mol. The third-order valence-electron chi connectivity index (χ3n) is 5.23. The molecular formula is C20H22ClFN6O3. The first-order chi connectivity index (χ1) is 14.9. The predicted octanol–water partition coefficient (Wildman–Crippen LogP) is 2.06. The van der Waals surface area contributed by atoms with Crippen LogP contribution in [0.3, 0.4) is 0 Å². The van der Waals surface area contributed by atoms with E-state index in [-0.39, 0.29) is 19.0 Å². The maximum Gasteiger partial charge on any atom is 0.414 e. The number of hydrogen-bond acceptors (Lipinski definition) is 7. The predicted molar refractivity (Wildman–Crippen MR) is 114 cm³/mol. The lowest BCUT2D eigenvalue weighted by Crippen LogP contribution is -2.47. The van der Waals surface area contributed by atoms with Crippen LogP contribution >= 0.6 is 11.6 Å². The highest BCUT2D eigenvalue weighted by molar-refractivity contribution is 6.29. The van der Waals surface area contributed by atoms with Gasteiger partial charge in [0.2, 0.25) is 5.91 Å². The lowest BCUT2D eigenvalue weighted by Gasteiger charge is -2.36. The minimum atomic E-state index is -0.557. The van der Waals surface area contributed by atoms with Gasteiger partial charge >= 0.3 is 6.09 Å². The second kappa shape index (κ2) is 8.93. The lowest BCUT2D eigenvalue weighted by molar-refractivity contribution is -0.119. The van der Waals surface area contributed by atoms with E-state index in [1.165, 1.54) is 24.1 Å². The van der Waals surface area contributed by atoms with Crippen LogP contribution < -0.4 is 20.0 Å². The number of ether oxygens (including phenoxy) is 1. The number of cyclic esters (lactones) is 1.